The van der Waals surface area contributed by atoms with Gasteiger partial charge in [-0.3, -0.25) is 19.9 Å². The summed E-state index contributed by atoms with van der Waals surface area (Å²) in [5.74, 6) is 0.424. The molecule has 2 heterocycles. The van der Waals surface area contributed by atoms with Gasteiger partial charge in [0, 0.05) is 11.8 Å². The van der Waals surface area contributed by atoms with Crippen LogP contribution in [0.4, 0.5) is 4.79 Å². The minimum absolute atomic E-state index is 0.348. The zero-order chi connectivity index (χ0) is 15.5. The lowest BCUT2D eigenvalue weighted by molar-refractivity contribution is -0.115. The normalized spacial score (nSPS) is 16.0. The third-order valence-corrected chi connectivity index (χ3v) is 3.92. The zero-order valence-electron chi connectivity index (χ0n) is 11.7. The van der Waals surface area contributed by atoms with E-state index in [1.165, 1.54) is 0 Å². The van der Waals surface area contributed by atoms with Crippen LogP contribution in [0.25, 0.3) is 17.3 Å². The number of ether oxygens (including phenoxy) is 1. The maximum Gasteiger partial charge on any atom is 0.290 e. The fourth-order valence-electron chi connectivity index (χ4n) is 2.00. The SMILES string of the molecule is COc1ccc(-c2ccc(C=C3SC(=O)NC3=O)cn2)cc1. The lowest BCUT2D eigenvalue weighted by Gasteiger charge is -2.03. The van der Waals surface area contributed by atoms with Gasteiger partial charge in [-0.25, -0.2) is 0 Å². The number of pyridine rings is 1. The molecule has 1 aliphatic heterocycles. The molecule has 22 heavy (non-hydrogen) atoms. The van der Waals surface area contributed by atoms with Gasteiger partial charge >= 0.3 is 0 Å². The average Bonchev–Trinajstić information content (AvgIpc) is 2.86. The second kappa shape index (κ2) is 6.03. The van der Waals surface area contributed by atoms with Crippen LogP contribution in [0.5, 0.6) is 5.75 Å². The van der Waals surface area contributed by atoms with Crippen molar-refractivity contribution in [3.63, 3.8) is 0 Å². The molecule has 1 aromatic heterocycles. The summed E-state index contributed by atoms with van der Waals surface area (Å²) < 4.78 is 5.12. The molecule has 110 valence electrons. The molecular weight excluding hydrogens is 300 g/mol. The predicted molar refractivity (Wildman–Crippen MR) is 85.3 cm³/mol. The maximum absolute atomic E-state index is 11.5. The Morgan fingerprint density at radius 1 is 1.14 bits per heavy atom. The first-order valence-corrected chi connectivity index (χ1v) is 7.33. The Labute approximate surface area is 131 Å². The van der Waals surface area contributed by atoms with E-state index in [1.54, 1.807) is 19.4 Å². The molecule has 0 spiro atoms. The molecule has 1 aromatic carbocycles. The Balaban J connectivity index is 1.82. The standard InChI is InChI=1S/C16H12N2O3S/c1-21-12-5-3-11(4-6-12)13-7-2-10(9-17-13)8-14-15(19)18-16(20)22-14/h2-9H,1H3,(H,18,19,20). The molecule has 0 radical (unpaired) electrons. The van der Waals surface area contributed by atoms with Crippen LogP contribution in [0.1, 0.15) is 5.56 Å². The van der Waals surface area contributed by atoms with Crippen LogP contribution in [0.2, 0.25) is 0 Å². The van der Waals surface area contributed by atoms with E-state index in [2.05, 4.69) is 10.3 Å². The summed E-state index contributed by atoms with van der Waals surface area (Å²) in [6.45, 7) is 0. The summed E-state index contributed by atoms with van der Waals surface area (Å²) in [6, 6.07) is 11.3. The number of carbonyl (C=O) groups excluding carboxylic acids is 2. The molecule has 0 saturated carbocycles. The van der Waals surface area contributed by atoms with E-state index in [1.807, 2.05) is 36.4 Å². The fraction of sp³-hybridized carbons (Fsp3) is 0.0625. The summed E-state index contributed by atoms with van der Waals surface area (Å²) in [6.07, 6.45) is 3.32. The quantitative estimate of drug-likeness (QED) is 0.882. The molecule has 1 aliphatic rings. The first-order valence-electron chi connectivity index (χ1n) is 6.51. The van der Waals surface area contributed by atoms with Crippen LogP contribution in [-0.4, -0.2) is 23.2 Å². The summed E-state index contributed by atoms with van der Waals surface area (Å²) in [7, 11) is 1.62. The van der Waals surface area contributed by atoms with Crippen LogP contribution in [0, 0.1) is 0 Å². The fourth-order valence-corrected chi connectivity index (χ4v) is 2.68. The summed E-state index contributed by atoms with van der Waals surface area (Å²) >= 11 is 0.893. The van der Waals surface area contributed by atoms with Gasteiger partial charge < -0.3 is 4.74 Å². The molecule has 1 N–H and O–H groups in total. The molecule has 2 amide bonds. The number of nitrogens with one attached hydrogen (secondary N) is 1. The van der Waals surface area contributed by atoms with Gasteiger partial charge in [-0.15, -0.1) is 0 Å². The van der Waals surface area contributed by atoms with Gasteiger partial charge in [-0.2, -0.15) is 0 Å². The number of thioether (sulfide) groups is 1. The van der Waals surface area contributed by atoms with Gasteiger partial charge in [0.1, 0.15) is 5.75 Å². The van der Waals surface area contributed by atoms with E-state index >= 15 is 0 Å². The van der Waals surface area contributed by atoms with Crippen molar-refractivity contribution in [1.82, 2.24) is 10.3 Å². The molecule has 1 fully saturated rings. The van der Waals surface area contributed by atoms with Crippen LogP contribution < -0.4 is 10.1 Å². The minimum atomic E-state index is -0.366. The van der Waals surface area contributed by atoms with Crippen LogP contribution in [-0.2, 0) is 4.79 Å². The largest absolute Gasteiger partial charge is 0.497 e. The predicted octanol–water partition coefficient (Wildman–Crippen LogP) is 3.08. The number of rotatable bonds is 3. The first kappa shape index (κ1) is 14.3. The van der Waals surface area contributed by atoms with Gasteiger partial charge in [0.15, 0.2) is 0 Å². The van der Waals surface area contributed by atoms with Crippen molar-refractivity contribution in [2.75, 3.05) is 7.11 Å². The van der Waals surface area contributed by atoms with Crippen molar-refractivity contribution in [3.8, 4) is 17.0 Å². The molecule has 3 rings (SSSR count). The number of amides is 2. The molecule has 6 heteroatoms. The van der Waals surface area contributed by atoms with Gasteiger partial charge in [-0.1, -0.05) is 6.07 Å². The van der Waals surface area contributed by atoms with E-state index in [0.29, 0.717) is 4.91 Å². The maximum atomic E-state index is 11.5. The average molecular weight is 312 g/mol. The molecule has 0 unspecified atom stereocenters. The lowest BCUT2D eigenvalue weighted by atomic mass is 10.1. The molecule has 5 nitrogen and oxygen atoms in total. The van der Waals surface area contributed by atoms with Crippen molar-refractivity contribution in [2.45, 2.75) is 0 Å². The Kier molecular flexibility index (Phi) is 3.93. The number of imide groups is 1. The topological polar surface area (TPSA) is 68.3 Å². The molecule has 0 atom stereocenters. The van der Waals surface area contributed by atoms with Crippen molar-refractivity contribution < 1.29 is 14.3 Å². The number of aromatic nitrogens is 1. The monoisotopic (exact) mass is 312 g/mol. The number of benzene rings is 1. The van der Waals surface area contributed by atoms with Gasteiger partial charge in [-0.05, 0) is 53.7 Å². The lowest BCUT2D eigenvalue weighted by Crippen LogP contribution is -2.17. The number of hydrogen-bond acceptors (Lipinski definition) is 5. The molecule has 0 aliphatic carbocycles. The molecule has 0 bridgehead atoms. The third-order valence-electron chi connectivity index (χ3n) is 3.11. The molecule has 2 aromatic rings. The molecular formula is C16H12N2O3S. The van der Waals surface area contributed by atoms with Gasteiger partial charge in [0.25, 0.3) is 11.1 Å². The highest BCUT2D eigenvalue weighted by Gasteiger charge is 2.24. The van der Waals surface area contributed by atoms with E-state index in [9.17, 15) is 9.59 Å². The van der Waals surface area contributed by atoms with Crippen LogP contribution in [0.15, 0.2) is 47.5 Å². The Morgan fingerprint density at radius 3 is 2.45 bits per heavy atom. The number of hydrogen-bond donors (Lipinski definition) is 1. The van der Waals surface area contributed by atoms with Gasteiger partial charge in [0.2, 0.25) is 0 Å². The number of nitrogens with zero attached hydrogens (tertiary/aromatic N) is 1. The second-order valence-electron chi connectivity index (χ2n) is 4.56. The summed E-state index contributed by atoms with van der Waals surface area (Å²) in [4.78, 5) is 27.4. The molecule has 1 saturated heterocycles. The van der Waals surface area contributed by atoms with Crippen molar-refractivity contribution in [3.05, 3.63) is 53.1 Å². The van der Waals surface area contributed by atoms with Crippen molar-refractivity contribution >= 4 is 29.0 Å². The summed E-state index contributed by atoms with van der Waals surface area (Å²) in [5, 5.41) is 1.87. The minimum Gasteiger partial charge on any atom is -0.497 e. The Bertz CT molecular complexity index is 752. The van der Waals surface area contributed by atoms with E-state index < -0.39 is 0 Å². The van der Waals surface area contributed by atoms with Gasteiger partial charge in [0.05, 0.1) is 17.7 Å². The highest BCUT2D eigenvalue weighted by molar-refractivity contribution is 8.18. The smallest absolute Gasteiger partial charge is 0.290 e. The van der Waals surface area contributed by atoms with E-state index in [4.69, 9.17) is 4.74 Å². The Morgan fingerprint density at radius 2 is 1.91 bits per heavy atom. The Hall–Kier alpha value is -2.60. The van der Waals surface area contributed by atoms with Crippen molar-refractivity contribution in [1.29, 1.82) is 0 Å². The highest BCUT2D eigenvalue weighted by atomic mass is 32.2. The second-order valence-corrected chi connectivity index (χ2v) is 5.57. The van der Waals surface area contributed by atoms with Crippen molar-refractivity contribution in [2.24, 2.45) is 0 Å². The first-order chi connectivity index (χ1) is 10.7. The number of methoxy groups -OCH3 is 1. The van der Waals surface area contributed by atoms with E-state index in [0.717, 1.165) is 34.3 Å². The highest BCUT2D eigenvalue weighted by Crippen LogP contribution is 2.26. The third kappa shape index (κ3) is 3.01. The van der Waals surface area contributed by atoms with Crippen LogP contribution in [0.3, 0.4) is 0 Å². The zero-order valence-corrected chi connectivity index (χ0v) is 12.5. The number of carbonyl (C=O) groups is 2. The van der Waals surface area contributed by atoms with E-state index in [-0.39, 0.29) is 11.1 Å². The van der Waals surface area contributed by atoms with Crippen LogP contribution >= 0.6 is 11.8 Å². The summed E-state index contributed by atoms with van der Waals surface area (Å²) in [5.41, 5.74) is 2.57.